The Hall–Kier alpha value is -6.06. The van der Waals surface area contributed by atoms with Gasteiger partial charge in [-0.1, -0.05) is 84.9 Å². The molecule has 210 valence electrons. The van der Waals surface area contributed by atoms with Crippen LogP contribution in [0.4, 0.5) is 11.4 Å². The number of rotatable bonds is 4. The maximum atomic E-state index is 3.67. The summed E-state index contributed by atoms with van der Waals surface area (Å²) < 4.78 is 4.78. The highest BCUT2D eigenvalue weighted by molar-refractivity contribution is 6.24. The highest BCUT2D eigenvalue weighted by atomic mass is 15.0. The molecule has 0 saturated carbocycles. The third-order valence-electron chi connectivity index (χ3n) is 9.40. The summed E-state index contributed by atoms with van der Waals surface area (Å²) in [5, 5.41) is 11.4. The lowest BCUT2D eigenvalue weighted by molar-refractivity contribution is 1.18. The number of hydrogen-bond donors (Lipinski definition) is 1. The van der Waals surface area contributed by atoms with Gasteiger partial charge in [-0.3, -0.25) is 0 Å². The average Bonchev–Trinajstić information content (AvgIpc) is 3.74. The normalized spacial score (nSPS) is 12.0. The summed E-state index contributed by atoms with van der Waals surface area (Å²) in [4.78, 5) is 0. The van der Waals surface area contributed by atoms with Crippen LogP contribution in [0.25, 0.3) is 76.7 Å². The van der Waals surface area contributed by atoms with Crippen LogP contribution < -0.4 is 5.32 Å². The molecular formula is C42H27N3. The van der Waals surface area contributed by atoms with Crippen LogP contribution in [-0.2, 0) is 0 Å². The molecule has 0 aliphatic rings. The van der Waals surface area contributed by atoms with E-state index in [0.29, 0.717) is 0 Å². The van der Waals surface area contributed by atoms with E-state index in [9.17, 15) is 0 Å². The number of aromatic nitrogens is 2. The molecule has 3 nitrogen and oxygen atoms in total. The first kappa shape index (κ1) is 24.4. The maximum Gasteiger partial charge on any atom is 0.0620 e. The highest BCUT2D eigenvalue weighted by Crippen LogP contribution is 2.42. The summed E-state index contributed by atoms with van der Waals surface area (Å²) in [5.41, 5.74) is 12.0. The molecule has 1 N–H and O–H groups in total. The van der Waals surface area contributed by atoms with E-state index in [1.54, 1.807) is 0 Å². The Morgan fingerprint density at radius 2 is 0.889 bits per heavy atom. The van der Waals surface area contributed by atoms with Gasteiger partial charge in [0.25, 0.3) is 0 Å². The van der Waals surface area contributed by atoms with E-state index in [2.05, 4.69) is 172 Å². The van der Waals surface area contributed by atoms with Crippen molar-refractivity contribution in [2.75, 3.05) is 5.32 Å². The van der Waals surface area contributed by atoms with Crippen molar-refractivity contribution in [3.05, 3.63) is 158 Å². The number of hydrogen-bond acceptors (Lipinski definition) is 1. The number of nitrogens with one attached hydrogen (secondary N) is 1. The topological polar surface area (TPSA) is 21.4 Å². The maximum absolute atomic E-state index is 3.67. The van der Waals surface area contributed by atoms with E-state index in [1.165, 1.54) is 76.7 Å². The van der Waals surface area contributed by atoms with Crippen LogP contribution in [0.3, 0.4) is 0 Å². The van der Waals surface area contributed by atoms with Crippen LogP contribution in [0.2, 0.25) is 0 Å². The molecule has 0 spiro atoms. The molecule has 0 aliphatic carbocycles. The van der Waals surface area contributed by atoms with Crippen molar-refractivity contribution in [2.45, 2.75) is 0 Å². The van der Waals surface area contributed by atoms with Crippen molar-refractivity contribution in [1.82, 2.24) is 8.97 Å². The van der Waals surface area contributed by atoms with Gasteiger partial charge in [-0.2, -0.15) is 0 Å². The second-order valence-corrected chi connectivity index (χ2v) is 11.9. The molecule has 0 unspecified atom stereocenters. The number of benzene rings is 7. The Kier molecular flexibility index (Phi) is 5.00. The Morgan fingerprint density at radius 1 is 0.356 bits per heavy atom. The minimum Gasteiger partial charge on any atom is -0.356 e. The molecule has 10 aromatic rings. The third-order valence-corrected chi connectivity index (χ3v) is 9.40. The Morgan fingerprint density at radius 3 is 1.56 bits per heavy atom. The fourth-order valence-corrected chi connectivity index (χ4v) is 7.43. The highest BCUT2D eigenvalue weighted by Gasteiger charge is 2.18. The van der Waals surface area contributed by atoms with Gasteiger partial charge in [-0.05, 0) is 83.9 Å². The van der Waals surface area contributed by atoms with E-state index in [1.807, 2.05) is 0 Å². The van der Waals surface area contributed by atoms with Gasteiger partial charge in [0, 0.05) is 49.4 Å². The number of anilines is 2. The molecule has 0 amide bonds. The molecule has 3 aromatic heterocycles. The Balaban J connectivity index is 1.05. The summed E-state index contributed by atoms with van der Waals surface area (Å²) in [6.07, 6.45) is 0. The zero-order valence-corrected chi connectivity index (χ0v) is 24.4. The quantitative estimate of drug-likeness (QED) is 0.222. The standard InChI is InChI=1S/C42H27N3/c1-2-10-31(11-3-1)44-38-15-7-4-12-32(38)35-26-30(22-23-41(35)44)43-29-20-18-27(19-21-29)28-24-36-33-13-5-8-16-39(33)45-40-17-9-6-14-34(40)37(25-28)42(36)45/h1-26,43H. The van der Waals surface area contributed by atoms with Crippen LogP contribution in [0.5, 0.6) is 0 Å². The molecule has 0 bridgehead atoms. The molecule has 3 heterocycles. The molecule has 10 rings (SSSR count). The first-order chi connectivity index (χ1) is 22.3. The zero-order valence-electron chi connectivity index (χ0n) is 24.4. The van der Waals surface area contributed by atoms with Gasteiger partial charge in [0.05, 0.1) is 27.6 Å². The summed E-state index contributed by atoms with van der Waals surface area (Å²) >= 11 is 0. The second kappa shape index (κ2) is 9.22. The van der Waals surface area contributed by atoms with Gasteiger partial charge >= 0.3 is 0 Å². The molecule has 7 aromatic carbocycles. The van der Waals surface area contributed by atoms with E-state index >= 15 is 0 Å². The lowest BCUT2D eigenvalue weighted by Gasteiger charge is -2.10. The minimum absolute atomic E-state index is 1.07. The molecule has 0 aliphatic heterocycles. The van der Waals surface area contributed by atoms with Crippen molar-refractivity contribution in [2.24, 2.45) is 0 Å². The summed E-state index contributed by atoms with van der Waals surface area (Å²) in [6, 6.07) is 57.0. The van der Waals surface area contributed by atoms with Crippen molar-refractivity contribution in [1.29, 1.82) is 0 Å². The lowest BCUT2D eigenvalue weighted by atomic mass is 9.99. The van der Waals surface area contributed by atoms with Gasteiger partial charge in [-0.15, -0.1) is 0 Å². The van der Waals surface area contributed by atoms with Crippen LogP contribution in [-0.4, -0.2) is 8.97 Å². The fraction of sp³-hybridized carbons (Fsp3) is 0. The molecule has 0 fully saturated rings. The van der Waals surface area contributed by atoms with Crippen molar-refractivity contribution in [3.63, 3.8) is 0 Å². The molecule has 0 atom stereocenters. The second-order valence-electron chi connectivity index (χ2n) is 11.9. The summed E-state index contributed by atoms with van der Waals surface area (Å²) in [5.74, 6) is 0. The van der Waals surface area contributed by atoms with Crippen molar-refractivity contribution < 1.29 is 0 Å². The van der Waals surface area contributed by atoms with E-state index in [-0.39, 0.29) is 0 Å². The number of fused-ring (bicyclic) bond motifs is 9. The molecule has 0 radical (unpaired) electrons. The summed E-state index contributed by atoms with van der Waals surface area (Å²) in [6.45, 7) is 0. The van der Waals surface area contributed by atoms with Gasteiger partial charge in [0.1, 0.15) is 0 Å². The predicted molar refractivity (Wildman–Crippen MR) is 191 cm³/mol. The van der Waals surface area contributed by atoms with Crippen LogP contribution in [0, 0.1) is 0 Å². The van der Waals surface area contributed by atoms with Crippen molar-refractivity contribution in [3.8, 4) is 16.8 Å². The summed E-state index contributed by atoms with van der Waals surface area (Å²) in [7, 11) is 0. The van der Waals surface area contributed by atoms with Crippen LogP contribution >= 0.6 is 0 Å². The van der Waals surface area contributed by atoms with Gasteiger partial charge < -0.3 is 14.3 Å². The lowest BCUT2D eigenvalue weighted by Crippen LogP contribution is -1.93. The minimum atomic E-state index is 1.07. The molecule has 3 heteroatoms. The smallest absolute Gasteiger partial charge is 0.0620 e. The van der Waals surface area contributed by atoms with Crippen LogP contribution in [0.15, 0.2) is 158 Å². The third kappa shape index (κ3) is 3.52. The van der Waals surface area contributed by atoms with Crippen LogP contribution in [0.1, 0.15) is 0 Å². The molecular weight excluding hydrogens is 546 g/mol. The molecule has 45 heavy (non-hydrogen) atoms. The van der Waals surface area contributed by atoms with Gasteiger partial charge in [-0.25, -0.2) is 0 Å². The average molecular weight is 574 g/mol. The fourth-order valence-electron chi connectivity index (χ4n) is 7.43. The monoisotopic (exact) mass is 573 g/mol. The van der Waals surface area contributed by atoms with E-state index < -0.39 is 0 Å². The first-order valence-electron chi connectivity index (χ1n) is 15.4. The number of para-hydroxylation sites is 4. The predicted octanol–water partition coefficient (Wildman–Crippen LogP) is 11.3. The van der Waals surface area contributed by atoms with Gasteiger partial charge in [0.15, 0.2) is 0 Å². The number of nitrogens with zero attached hydrogens (tertiary/aromatic N) is 2. The van der Waals surface area contributed by atoms with E-state index in [4.69, 9.17) is 0 Å². The SMILES string of the molecule is c1ccc(-n2c3ccccc3c3cc(Nc4ccc(-c5cc6c7ccccc7n7c8ccccc8c(c5)c67)cc4)ccc32)cc1. The van der Waals surface area contributed by atoms with Gasteiger partial charge in [0.2, 0.25) is 0 Å². The van der Waals surface area contributed by atoms with E-state index in [0.717, 1.165) is 11.4 Å². The van der Waals surface area contributed by atoms with Crippen molar-refractivity contribution >= 4 is 71.3 Å². The first-order valence-corrected chi connectivity index (χ1v) is 15.4. The molecule has 0 saturated heterocycles. The Labute approximate surface area is 259 Å². The zero-order chi connectivity index (χ0) is 29.5. The largest absolute Gasteiger partial charge is 0.356 e. The Bertz CT molecular complexity index is 2630.